The van der Waals surface area contributed by atoms with Crippen LogP contribution < -0.4 is 10.1 Å². The lowest BCUT2D eigenvalue weighted by Gasteiger charge is -2.35. The topological polar surface area (TPSA) is 94.4 Å². The lowest BCUT2D eigenvalue weighted by molar-refractivity contribution is 0.0162. The van der Waals surface area contributed by atoms with Crippen molar-refractivity contribution in [3.8, 4) is 11.4 Å². The fraction of sp³-hybridized carbons (Fsp3) is 0.368. The second-order valence-corrected chi connectivity index (χ2v) is 7.45. The molecule has 1 fully saturated rings. The molecule has 10 heteroatoms. The fourth-order valence-electron chi connectivity index (χ4n) is 3.37. The van der Waals surface area contributed by atoms with Gasteiger partial charge in [-0.2, -0.15) is 4.68 Å². The monoisotopic (exact) mass is 414 g/mol. The van der Waals surface area contributed by atoms with Crippen molar-refractivity contribution >= 4 is 17.2 Å². The Morgan fingerprint density at radius 1 is 1.28 bits per heavy atom. The average molecular weight is 414 g/mol. The Bertz CT molecular complexity index is 922. The highest BCUT2D eigenvalue weighted by molar-refractivity contribution is 7.12. The summed E-state index contributed by atoms with van der Waals surface area (Å²) >= 11 is 1.37. The van der Waals surface area contributed by atoms with Gasteiger partial charge in [0.1, 0.15) is 17.0 Å². The van der Waals surface area contributed by atoms with E-state index in [1.54, 1.807) is 7.11 Å². The van der Waals surface area contributed by atoms with Crippen LogP contribution >= 0.6 is 11.3 Å². The second kappa shape index (κ2) is 9.12. The zero-order valence-electron chi connectivity index (χ0n) is 16.0. The van der Waals surface area contributed by atoms with E-state index in [-0.39, 0.29) is 11.9 Å². The number of thiophene rings is 1. The molecule has 0 spiro atoms. The molecule has 1 aliphatic rings. The Labute approximate surface area is 172 Å². The molecule has 1 N–H and O–H groups in total. The van der Waals surface area contributed by atoms with Gasteiger partial charge in [0.15, 0.2) is 0 Å². The predicted molar refractivity (Wildman–Crippen MR) is 107 cm³/mol. The van der Waals surface area contributed by atoms with E-state index in [4.69, 9.17) is 9.47 Å². The Morgan fingerprint density at radius 2 is 2.07 bits per heavy atom. The number of amides is 1. The van der Waals surface area contributed by atoms with Gasteiger partial charge in [0.25, 0.3) is 5.91 Å². The summed E-state index contributed by atoms with van der Waals surface area (Å²) in [4.78, 5) is 15.8. The maximum absolute atomic E-state index is 12.9. The van der Waals surface area contributed by atoms with Crippen molar-refractivity contribution in [2.24, 2.45) is 0 Å². The summed E-state index contributed by atoms with van der Waals surface area (Å²) in [6.07, 6.45) is 1.48. The van der Waals surface area contributed by atoms with E-state index in [9.17, 15) is 4.79 Å². The molecule has 0 bridgehead atoms. The SMILES string of the molecule is COc1ccc([C@@H](CNC(=O)c2sccc2-n2cnnn2)N2CCOCC2)cc1. The number of nitrogens with one attached hydrogen (secondary N) is 1. The third-order valence-corrected chi connectivity index (χ3v) is 5.79. The van der Waals surface area contributed by atoms with Gasteiger partial charge in [-0.1, -0.05) is 12.1 Å². The van der Waals surface area contributed by atoms with Gasteiger partial charge in [0.05, 0.1) is 32.1 Å². The molecular formula is C19H22N6O3S. The Balaban J connectivity index is 1.50. The van der Waals surface area contributed by atoms with E-state index < -0.39 is 0 Å². The first-order valence-electron chi connectivity index (χ1n) is 9.31. The van der Waals surface area contributed by atoms with Crippen LogP contribution in [0.1, 0.15) is 21.3 Å². The molecule has 0 aliphatic carbocycles. The number of hydrogen-bond donors (Lipinski definition) is 1. The van der Waals surface area contributed by atoms with Gasteiger partial charge in [0, 0.05) is 19.6 Å². The molecule has 0 unspecified atom stereocenters. The van der Waals surface area contributed by atoms with Crippen molar-refractivity contribution in [2.45, 2.75) is 6.04 Å². The number of nitrogens with zero attached hydrogens (tertiary/aromatic N) is 5. The van der Waals surface area contributed by atoms with Crippen molar-refractivity contribution in [1.82, 2.24) is 30.4 Å². The fourth-order valence-corrected chi connectivity index (χ4v) is 4.16. The van der Waals surface area contributed by atoms with Gasteiger partial charge in [-0.15, -0.1) is 16.4 Å². The molecule has 1 aliphatic heterocycles. The van der Waals surface area contributed by atoms with Crippen LogP contribution in [0.4, 0.5) is 0 Å². The molecule has 2 aromatic heterocycles. The van der Waals surface area contributed by atoms with Gasteiger partial charge in [-0.25, -0.2) is 0 Å². The molecule has 1 amide bonds. The predicted octanol–water partition coefficient (Wildman–Crippen LogP) is 1.54. The highest BCUT2D eigenvalue weighted by Crippen LogP contribution is 2.25. The van der Waals surface area contributed by atoms with Gasteiger partial charge in [-0.05, 0) is 39.6 Å². The number of morpholine rings is 1. The molecule has 1 atom stereocenters. The number of carbonyl (C=O) groups excluding carboxylic acids is 1. The van der Waals surface area contributed by atoms with Crippen LogP contribution in [0.3, 0.4) is 0 Å². The summed E-state index contributed by atoms with van der Waals surface area (Å²) in [6.45, 7) is 3.50. The number of methoxy groups -OCH3 is 1. The summed E-state index contributed by atoms with van der Waals surface area (Å²) in [6, 6.07) is 9.86. The molecular weight excluding hydrogens is 392 g/mol. The third-order valence-electron chi connectivity index (χ3n) is 4.89. The highest BCUT2D eigenvalue weighted by Gasteiger charge is 2.24. The first kappa shape index (κ1) is 19.5. The largest absolute Gasteiger partial charge is 0.497 e. The Kier molecular flexibility index (Phi) is 6.13. The van der Waals surface area contributed by atoms with Gasteiger partial charge >= 0.3 is 0 Å². The zero-order chi connectivity index (χ0) is 20.1. The van der Waals surface area contributed by atoms with Gasteiger partial charge < -0.3 is 14.8 Å². The van der Waals surface area contributed by atoms with E-state index >= 15 is 0 Å². The van der Waals surface area contributed by atoms with Crippen molar-refractivity contribution in [3.63, 3.8) is 0 Å². The van der Waals surface area contributed by atoms with Crippen molar-refractivity contribution in [3.05, 3.63) is 52.5 Å². The molecule has 1 saturated heterocycles. The molecule has 152 valence electrons. The number of rotatable bonds is 7. The van der Waals surface area contributed by atoms with Crippen LogP contribution in [0, 0.1) is 0 Å². The molecule has 3 heterocycles. The number of tetrazole rings is 1. The standard InChI is InChI=1S/C19H22N6O3S/c1-27-15-4-2-14(3-5-15)17(24-7-9-28-10-8-24)12-20-19(26)18-16(6-11-29-18)25-13-21-22-23-25/h2-6,11,13,17H,7-10,12H2,1H3,(H,20,26)/t17-/m1/s1. The Morgan fingerprint density at radius 3 is 2.76 bits per heavy atom. The summed E-state index contributed by atoms with van der Waals surface area (Å²) < 4.78 is 12.3. The summed E-state index contributed by atoms with van der Waals surface area (Å²) in [5.41, 5.74) is 1.80. The highest BCUT2D eigenvalue weighted by atomic mass is 32.1. The molecule has 1 aromatic carbocycles. The van der Waals surface area contributed by atoms with Crippen molar-refractivity contribution < 1.29 is 14.3 Å². The lowest BCUT2D eigenvalue weighted by atomic mass is 10.0. The minimum Gasteiger partial charge on any atom is -0.497 e. The van der Waals surface area contributed by atoms with Gasteiger partial charge in [-0.3, -0.25) is 9.69 Å². The number of carbonyl (C=O) groups is 1. The molecule has 0 radical (unpaired) electrons. The maximum atomic E-state index is 12.9. The summed E-state index contributed by atoms with van der Waals surface area (Å²) in [7, 11) is 1.65. The first-order chi connectivity index (χ1) is 14.3. The number of hydrogen-bond acceptors (Lipinski definition) is 8. The first-order valence-corrected chi connectivity index (χ1v) is 10.2. The van der Waals surface area contributed by atoms with Crippen molar-refractivity contribution in [1.29, 1.82) is 0 Å². The van der Waals surface area contributed by atoms with E-state index in [2.05, 4.69) is 25.7 Å². The summed E-state index contributed by atoms with van der Waals surface area (Å²) in [5, 5.41) is 16.1. The molecule has 0 saturated carbocycles. The molecule has 9 nitrogen and oxygen atoms in total. The van der Waals surface area contributed by atoms with Crippen LogP contribution in [0.15, 0.2) is 42.0 Å². The zero-order valence-corrected chi connectivity index (χ0v) is 16.8. The average Bonchev–Trinajstić information content (AvgIpc) is 3.46. The molecule has 3 aromatic rings. The van der Waals surface area contributed by atoms with Crippen LogP contribution in [0.5, 0.6) is 5.75 Å². The molecule has 4 rings (SSSR count). The van der Waals surface area contributed by atoms with Gasteiger partial charge in [0.2, 0.25) is 0 Å². The van der Waals surface area contributed by atoms with E-state index in [0.29, 0.717) is 30.3 Å². The van der Waals surface area contributed by atoms with Crippen LogP contribution in [-0.4, -0.2) is 71.0 Å². The van der Waals surface area contributed by atoms with Crippen LogP contribution in [0.2, 0.25) is 0 Å². The van der Waals surface area contributed by atoms with E-state index in [1.807, 2.05) is 35.7 Å². The normalized spacial score (nSPS) is 15.8. The van der Waals surface area contributed by atoms with Crippen LogP contribution in [0.25, 0.3) is 5.69 Å². The van der Waals surface area contributed by atoms with Crippen molar-refractivity contribution in [2.75, 3.05) is 40.0 Å². The minimum absolute atomic E-state index is 0.0465. The minimum atomic E-state index is -0.141. The number of ether oxygens (including phenoxy) is 2. The Hall–Kier alpha value is -2.82. The maximum Gasteiger partial charge on any atom is 0.263 e. The quantitative estimate of drug-likeness (QED) is 0.627. The van der Waals surface area contributed by atoms with Crippen LogP contribution in [-0.2, 0) is 4.74 Å². The molecule has 29 heavy (non-hydrogen) atoms. The second-order valence-electron chi connectivity index (χ2n) is 6.54. The number of benzene rings is 1. The van der Waals surface area contributed by atoms with E-state index in [0.717, 1.165) is 24.4 Å². The van der Waals surface area contributed by atoms with E-state index in [1.165, 1.54) is 22.3 Å². The third kappa shape index (κ3) is 4.44. The summed E-state index contributed by atoms with van der Waals surface area (Å²) in [5.74, 6) is 0.667. The lowest BCUT2D eigenvalue weighted by Crippen LogP contribution is -2.43. The number of aromatic nitrogens is 4. The smallest absolute Gasteiger partial charge is 0.263 e.